The zero-order valence-corrected chi connectivity index (χ0v) is 19.7. The van der Waals surface area contributed by atoms with Gasteiger partial charge in [0.25, 0.3) is 0 Å². The summed E-state index contributed by atoms with van der Waals surface area (Å²) in [5.41, 5.74) is 0.0985. The minimum absolute atomic E-state index is 0. The lowest BCUT2D eigenvalue weighted by molar-refractivity contribution is -0.00502. The number of halogens is 2. The number of nitrogens with zero attached hydrogens (tertiary/aromatic N) is 2. The van der Waals surface area contributed by atoms with Crippen LogP contribution in [-0.2, 0) is 4.74 Å². The maximum absolute atomic E-state index is 5.90. The van der Waals surface area contributed by atoms with Crippen LogP contribution in [0.25, 0.3) is 0 Å². The molecule has 1 aliphatic heterocycles. The maximum Gasteiger partial charge on any atom is 0.191 e. The highest BCUT2D eigenvalue weighted by Gasteiger charge is 2.34. The number of hydrogen-bond acceptors (Lipinski definition) is 4. The molecule has 1 saturated heterocycles. The predicted molar refractivity (Wildman–Crippen MR) is 123 cm³/mol. The van der Waals surface area contributed by atoms with Crippen molar-refractivity contribution in [1.82, 2.24) is 15.5 Å². The summed E-state index contributed by atoms with van der Waals surface area (Å²) in [4.78, 5) is 6.62. The van der Waals surface area contributed by atoms with Crippen LogP contribution in [0.3, 0.4) is 0 Å². The molecule has 8 heteroatoms. The number of ether oxygens (including phenoxy) is 2. The van der Waals surface area contributed by atoms with Crippen molar-refractivity contribution in [2.75, 3.05) is 47.4 Å². The van der Waals surface area contributed by atoms with Gasteiger partial charge in [0.2, 0.25) is 0 Å². The van der Waals surface area contributed by atoms with Crippen LogP contribution in [0.4, 0.5) is 0 Å². The van der Waals surface area contributed by atoms with Crippen LogP contribution in [0, 0.1) is 0 Å². The van der Waals surface area contributed by atoms with Gasteiger partial charge in [0.05, 0.1) is 6.54 Å². The largest absolute Gasteiger partial charge is 0.489 e. The Balaban J connectivity index is 0.00000364. The second-order valence-electron chi connectivity index (χ2n) is 6.92. The van der Waals surface area contributed by atoms with E-state index in [4.69, 9.17) is 21.1 Å². The van der Waals surface area contributed by atoms with Gasteiger partial charge in [-0.25, -0.2) is 0 Å². The van der Waals surface area contributed by atoms with E-state index in [-0.39, 0.29) is 35.6 Å². The summed E-state index contributed by atoms with van der Waals surface area (Å²) in [6.07, 6.45) is 2.03. The van der Waals surface area contributed by atoms with Crippen LogP contribution >= 0.6 is 35.6 Å². The number of hydrogen-bond donors (Lipinski definition) is 2. The standard InChI is InChI=1S/C19H31ClN4O2.HI/c1-15(26-17-7-5-16(20)6-8-17)13-22-18(21-2)23-14-19(24(3)4)9-11-25-12-10-19;/h5-8,15H,9-14H2,1-4H3,(H2,21,22,23);1H. The molecule has 1 atom stereocenters. The molecule has 0 radical (unpaired) electrons. The summed E-state index contributed by atoms with van der Waals surface area (Å²) >= 11 is 5.90. The van der Waals surface area contributed by atoms with E-state index in [0.29, 0.717) is 11.6 Å². The summed E-state index contributed by atoms with van der Waals surface area (Å²) in [7, 11) is 6.04. The summed E-state index contributed by atoms with van der Waals surface area (Å²) in [6, 6.07) is 7.40. The third kappa shape index (κ3) is 7.63. The Bertz CT molecular complexity index is 578. The number of guanidine groups is 1. The first-order valence-corrected chi connectivity index (χ1v) is 9.45. The lowest BCUT2D eigenvalue weighted by Gasteiger charge is -2.43. The molecule has 0 bridgehead atoms. The highest BCUT2D eigenvalue weighted by atomic mass is 127. The molecule has 2 N–H and O–H groups in total. The summed E-state index contributed by atoms with van der Waals surface area (Å²) in [5.74, 6) is 1.59. The van der Waals surface area contributed by atoms with Crippen LogP contribution in [0.2, 0.25) is 5.02 Å². The van der Waals surface area contributed by atoms with Gasteiger partial charge in [0.15, 0.2) is 5.96 Å². The smallest absolute Gasteiger partial charge is 0.191 e. The first kappa shape index (κ1) is 24.3. The molecular weight excluding hydrogens is 479 g/mol. The quantitative estimate of drug-likeness (QED) is 0.336. The van der Waals surface area contributed by atoms with E-state index in [1.165, 1.54) is 0 Å². The van der Waals surface area contributed by atoms with E-state index < -0.39 is 0 Å². The van der Waals surface area contributed by atoms with Gasteiger partial charge >= 0.3 is 0 Å². The van der Waals surface area contributed by atoms with Gasteiger partial charge in [0, 0.05) is 37.4 Å². The first-order valence-electron chi connectivity index (χ1n) is 9.07. The molecule has 1 aromatic rings. The van der Waals surface area contributed by atoms with Crippen LogP contribution in [0.5, 0.6) is 5.75 Å². The molecule has 1 heterocycles. The molecule has 0 amide bonds. The molecule has 0 aliphatic carbocycles. The van der Waals surface area contributed by atoms with Crippen LogP contribution in [0.1, 0.15) is 19.8 Å². The molecule has 2 rings (SSSR count). The second-order valence-corrected chi connectivity index (χ2v) is 7.36. The van der Waals surface area contributed by atoms with Gasteiger partial charge in [0.1, 0.15) is 11.9 Å². The van der Waals surface area contributed by atoms with Gasteiger partial charge in [-0.2, -0.15) is 0 Å². The average Bonchev–Trinajstić information content (AvgIpc) is 2.64. The van der Waals surface area contributed by atoms with E-state index in [1.54, 1.807) is 7.05 Å². The van der Waals surface area contributed by atoms with Crippen molar-refractivity contribution in [1.29, 1.82) is 0 Å². The van der Waals surface area contributed by atoms with Crippen molar-refractivity contribution in [2.24, 2.45) is 4.99 Å². The minimum atomic E-state index is 0. The molecule has 0 aromatic heterocycles. The molecule has 6 nitrogen and oxygen atoms in total. The van der Waals surface area contributed by atoms with Crippen molar-refractivity contribution in [3.05, 3.63) is 29.3 Å². The van der Waals surface area contributed by atoms with E-state index >= 15 is 0 Å². The lowest BCUT2D eigenvalue weighted by Crippen LogP contribution is -2.57. The predicted octanol–water partition coefficient (Wildman–Crippen LogP) is 3.00. The third-order valence-electron chi connectivity index (χ3n) is 4.89. The van der Waals surface area contributed by atoms with E-state index in [1.807, 2.05) is 31.2 Å². The number of likely N-dealkylation sites (N-methyl/N-ethyl adjacent to an activating group) is 1. The molecule has 1 aliphatic rings. The maximum atomic E-state index is 5.90. The van der Waals surface area contributed by atoms with E-state index in [9.17, 15) is 0 Å². The Hall–Kier alpha value is -0.770. The fraction of sp³-hybridized carbons (Fsp3) is 0.632. The zero-order valence-electron chi connectivity index (χ0n) is 16.6. The Morgan fingerprint density at radius 3 is 2.44 bits per heavy atom. The lowest BCUT2D eigenvalue weighted by atomic mass is 9.88. The molecule has 27 heavy (non-hydrogen) atoms. The van der Waals surface area contributed by atoms with Crippen LogP contribution in [-0.4, -0.2) is 69.9 Å². The third-order valence-corrected chi connectivity index (χ3v) is 5.14. The van der Waals surface area contributed by atoms with Crippen molar-refractivity contribution in [3.8, 4) is 5.75 Å². The molecule has 1 aromatic carbocycles. The topological polar surface area (TPSA) is 58.1 Å². The normalized spacial score (nSPS) is 17.8. The molecular formula is C19H32ClIN4O2. The van der Waals surface area contributed by atoms with Gasteiger partial charge in [-0.3, -0.25) is 4.99 Å². The Morgan fingerprint density at radius 1 is 1.26 bits per heavy atom. The average molecular weight is 511 g/mol. The number of nitrogens with one attached hydrogen (secondary N) is 2. The molecule has 154 valence electrons. The van der Waals surface area contributed by atoms with Crippen LogP contribution < -0.4 is 15.4 Å². The van der Waals surface area contributed by atoms with Crippen LogP contribution in [0.15, 0.2) is 29.3 Å². The number of aliphatic imine (C=N–C) groups is 1. The SMILES string of the molecule is CN=C(NCC(C)Oc1ccc(Cl)cc1)NCC1(N(C)C)CCOCC1.I. The monoisotopic (exact) mass is 510 g/mol. The van der Waals surface area contributed by atoms with Gasteiger partial charge < -0.3 is 25.0 Å². The Labute approximate surface area is 185 Å². The molecule has 1 unspecified atom stereocenters. The van der Waals surface area contributed by atoms with Crippen molar-refractivity contribution < 1.29 is 9.47 Å². The summed E-state index contributed by atoms with van der Waals surface area (Å²) in [5, 5.41) is 7.50. The first-order chi connectivity index (χ1) is 12.4. The Kier molecular flexibility index (Phi) is 10.7. The van der Waals surface area contributed by atoms with Crippen molar-refractivity contribution in [2.45, 2.75) is 31.4 Å². The van der Waals surface area contributed by atoms with Gasteiger partial charge in [-0.15, -0.1) is 24.0 Å². The zero-order chi connectivity index (χ0) is 19.0. The highest BCUT2D eigenvalue weighted by Crippen LogP contribution is 2.25. The van der Waals surface area contributed by atoms with Gasteiger partial charge in [-0.1, -0.05) is 11.6 Å². The minimum Gasteiger partial charge on any atom is -0.489 e. The fourth-order valence-electron chi connectivity index (χ4n) is 3.03. The summed E-state index contributed by atoms with van der Waals surface area (Å²) < 4.78 is 11.4. The number of benzene rings is 1. The highest BCUT2D eigenvalue weighted by molar-refractivity contribution is 14.0. The second kappa shape index (κ2) is 11.9. The van der Waals surface area contributed by atoms with Gasteiger partial charge in [-0.05, 0) is 58.1 Å². The molecule has 1 fully saturated rings. The molecule has 0 saturated carbocycles. The van der Waals surface area contributed by atoms with Crippen molar-refractivity contribution >= 4 is 41.5 Å². The number of rotatable bonds is 7. The fourth-order valence-corrected chi connectivity index (χ4v) is 3.16. The van der Waals surface area contributed by atoms with Crippen molar-refractivity contribution in [3.63, 3.8) is 0 Å². The molecule has 0 spiro atoms. The van der Waals surface area contributed by atoms with E-state index in [0.717, 1.165) is 44.3 Å². The van der Waals surface area contributed by atoms with E-state index in [2.05, 4.69) is 34.6 Å². The Morgan fingerprint density at radius 2 is 1.89 bits per heavy atom. The summed E-state index contributed by atoms with van der Waals surface area (Å²) in [6.45, 7) is 5.11.